The van der Waals surface area contributed by atoms with Crippen LogP contribution in [0.5, 0.6) is 0 Å². The Morgan fingerprint density at radius 2 is 1.95 bits per heavy atom. The van der Waals surface area contributed by atoms with Crippen molar-refractivity contribution < 1.29 is 9.47 Å². The summed E-state index contributed by atoms with van der Waals surface area (Å²) in [6.07, 6.45) is 1.32. The molecule has 0 bridgehead atoms. The molecule has 3 saturated heterocycles. The van der Waals surface area contributed by atoms with Crippen LogP contribution in [0, 0.1) is 5.92 Å². The van der Waals surface area contributed by atoms with Gasteiger partial charge in [-0.05, 0) is 20.0 Å². The lowest BCUT2D eigenvalue weighted by Crippen LogP contribution is -2.45. The van der Waals surface area contributed by atoms with Crippen LogP contribution in [-0.2, 0) is 9.47 Å². The molecule has 110 valence electrons. The molecule has 0 saturated carbocycles. The zero-order chi connectivity index (χ0) is 13.1. The first kappa shape index (κ1) is 13.8. The summed E-state index contributed by atoms with van der Waals surface area (Å²) < 4.78 is 11.0. The van der Waals surface area contributed by atoms with Crippen LogP contribution in [0.25, 0.3) is 0 Å². The monoisotopic (exact) mass is 269 g/mol. The van der Waals surface area contributed by atoms with Crippen molar-refractivity contribution in [2.75, 3.05) is 66.2 Å². The Kier molecular flexibility index (Phi) is 4.71. The van der Waals surface area contributed by atoms with E-state index in [1.54, 1.807) is 0 Å². The topological polar surface area (TPSA) is 37.0 Å². The van der Waals surface area contributed by atoms with Crippen molar-refractivity contribution in [3.05, 3.63) is 0 Å². The van der Waals surface area contributed by atoms with Gasteiger partial charge in [0.1, 0.15) is 0 Å². The predicted molar refractivity (Wildman–Crippen MR) is 74.4 cm³/mol. The summed E-state index contributed by atoms with van der Waals surface area (Å²) >= 11 is 0. The van der Waals surface area contributed by atoms with Crippen LogP contribution in [0.4, 0.5) is 0 Å². The second kappa shape index (κ2) is 6.50. The first-order valence-electron chi connectivity index (χ1n) is 7.66. The predicted octanol–water partition coefficient (Wildman–Crippen LogP) is -0.373. The molecule has 0 amide bonds. The van der Waals surface area contributed by atoms with Crippen LogP contribution in [0.1, 0.15) is 6.42 Å². The maximum atomic E-state index is 5.60. The maximum absolute atomic E-state index is 5.60. The smallest absolute Gasteiger partial charge is 0.0623 e. The van der Waals surface area contributed by atoms with Gasteiger partial charge in [0, 0.05) is 44.2 Å². The fourth-order valence-corrected chi connectivity index (χ4v) is 3.65. The van der Waals surface area contributed by atoms with E-state index in [0.29, 0.717) is 12.0 Å². The Hall–Kier alpha value is -0.200. The minimum atomic E-state index is 0.544. The molecule has 5 nitrogen and oxygen atoms in total. The Morgan fingerprint density at radius 3 is 2.74 bits per heavy atom. The van der Waals surface area contributed by atoms with Crippen LogP contribution in [0.15, 0.2) is 0 Å². The number of likely N-dealkylation sites (tertiary alicyclic amines) is 1. The molecule has 3 atom stereocenters. The average molecular weight is 269 g/mol. The summed E-state index contributed by atoms with van der Waals surface area (Å²) in [6.45, 7) is 9.51. The van der Waals surface area contributed by atoms with Crippen LogP contribution in [-0.4, -0.2) is 88.1 Å². The molecule has 0 aromatic rings. The van der Waals surface area contributed by atoms with Gasteiger partial charge in [-0.2, -0.15) is 0 Å². The fourth-order valence-electron chi connectivity index (χ4n) is 3.65. The minimum absolute atomic E-state index is 0.544. The minimum Gasteiger partial charge on any atom is -0.379 e. The molecule has 0 aliphatic carbocycles. The molecule has 3 aliphatic heterocycles. The third kappa shape index (κ3) is 3.28. The molecule has 1 N–H and O–H groups in total. The van der Waals surface area contributed by atoms with Gasteiger partial charge >= 0.3 is 0 Å². The molecular weight excluding hydrogens is 242 g/mol. The van der Waals surface area contributed by atoms with Gasteiger partial charge in [-0.3, -0.25) is 4.90 Å². The SMILES string of the molecule is CNC1COCC1CN1CCC(N2CCOCC2)C1. The zero-order valence-corrected chi connectivity index (χ0v) is 12.0. The number of likely N-dealkylation sites (N-methyl/N-ethyl adjacent to an activating group) is 1. The molecule has 0 spiro atoms. The summed E-state index contributed by atoms with van der Waals surface area (Å²) in [7, 11) is 2.05. The number of rotatable bonds is 4. The molecule has 5 heteroatoms. The number of ether oxygens (including phenoxy) is 2. The molecule has 3 fully saturated rings. The third-order valence-electron chi connectivity index (χ3n) is 4.87. The molecule has 19 heavy (non-hydrogen) atoms. The Labute approximate surface area is 116 Å². The molecule has 3 aliphatic rings. The highest BCUT2D eigenvalue weighted by atomic mass is 16.5. The summed E-state index contributed by atoms with van der Waals surface area (Å²) in [5.41, 5.74) is 0. The van der Waals surface area contributed by atoms with Gasteiger partial charge in [-0.1, -0.05) is 0 Å². The lowest BCUT2D eigenvalue weighted by atomic mass is 10.0. The maximum Gasteiger partial charge on any atom is 0.0623 e. The average Bonchev–Trinajstić information content (AvgIpc) is 3.09. The highest BCUT2D eigenvalue weighted by Gasteiger charge is 2.33. The van der Waals surface area contributed by atoms with Gasteiger partial charge in [-0.25, -0.2) is 0 Å². The number of nitrogens with zero attached hydrogens (tertiary/aromatic N) is 2. The lowest BCUT2D eigenvalue weighted by Gasteiger charge is -2.32. The van der Waals surface area contributed by atoms with E-state index in [4.69, 9.17) is 9.47 Å². The van der Waals surface area contributed by atoms with Crippen LogP contribution in [0.2, 0.25) is 0 Å². The fraction of sp³-hybridized carbons (Fsp3) is 1.00. The molecule has 0 aromatic heterocycles. The van der Waals surface area contributed by atoms with E-state index in [0.717, 1.165) is 45.6 Å². The van der Waals surface area contributed by atoms with E-state index in [9.17, 15) is 0 Å². The molecule has 3 rings (SSSR count). The van der Waals surface area contributed by atoms with E-state index in [-0.39, 0.29) is 0 Å². The Bertz CT molecular complexity index is 284. The van der Waals surface area contributed by atoms with Crippen molar-refractivity contribution in [3.8, 4) is 0 Å². The second-order valence-electron chi connectivity index (χ2n) is 6.04. The zero-order valence-electron chi connectivity index (χ0n) is 12.0. The van der Waals surface area contributed by atoms with E-state index < -0.39 is 0 Å². The van der Waals surface area contributed by atoms with Crippen LogP contribution >= 0.6 is 0 Å². The number of hydrogen-bond donors (Lipinski definition) is 1. The third-order valence-corrected chi connectivity index (χ3v) is 4.87. The van der Waals surface area contributed by atoms with E-state index in [1.807, 2.05) is 7.05 Å². The van der Waals surface area contributed by atoms with Crippen molar-refractivity contribution in [3.63, 3.8) is 0 Å². The van der Waals surface area contributed by atoms with Gasteiger partial charge in [0.15, 0.2) is 0 Å². The van der Waals surface area contributed by atoms with Crippen molar-refractivity contribution in [1.29, 1.82) is 0 Å². The number of morpholine rings is 1. The molecular formula is C14H27N3O2. The highest BCUT2D eigenvalue weighted by molar-refractivity contribution is 4.88. The van der Waals surface area contributed by atoms with Crippen LogP contribution < -0.4 is 5.32 Å². The standard InChI is InChI=1S/C14H27N3O2/c1-15-14-11-19-10-12(14)8-16-3-2-13(9-16)17-4-6-18-7-5-17/h12-15H,2-11H2,1H3. The normalized spacial score (nSPS) is 38.1. The van der Waals surface area contributed by atoms with E-state index in [2.05, 4.69) is 15.1 Å². The van der Waals surface area contributed by atoms with Gasteiger partial charge in [0.2, 0.25) is 0 Å². The number of nitrogens with one attached hydrogen (secondary N) is 1. The second-order valence-corrected chi connectivity index (χ2v) is 6.04. The van der Waals surface area contributed by atoms with Gasteiger partial charge in [-0.15, -0.1) is 0 Å². The van der Waals surface area contributed by atoms with Crippen molar-refractivity contribution in [2.45, 2.75) is 18.5 Å². The first-order chi connectivity index (χ1) is 9.36. The van der Waals surface area contributed by atoms with Crippen molar-refractivity contribution in [1.82, 2.24) is 15.1 Å². The molecule has 3 heterocycles. The molecule has 3 unspecified atom stereocenters. The number of hydrogen-bond acceptors (Lipinski definition) is 5. The highest BCUT2D eigenvalue weighted by Crippen LogP contribution is 2.21. The summed E-state index contributed by atoms with van der Waals surface area (Å²) in [5.74, 6) is 0.661. The van der Waals surface area contributed by atoms with Gasteiger partial charge in [0.25, 0.3) is 0 Å². The van der Waals surface area contributed by atoms with Gasteiger partial charge < -0.3 is 19.7 Å². The summed E-state index contributed by atoms with van der Waals surface area (Å²) in [4.78, 5) is 5.24. The van der Waals surface area contributed by atoms with Crippen molar-refractivity contribution >= 4 is 0 Å². The molecule has 0 radical (unpaired) electrons. The molecule has 0 aromatic carbocycles. The first-order valence-corrected chi connectivity index (χ1v) is 7.66. The van der Waals surface area contributed by atoms with E-state index >= 15 is 0 Å². The Morgan fingerprint density at radius 1 is 1.11 bits per heavy atom. The van der Waals surface area contributed by atoms with E-state index in [1.165, 1.54) is 26.1 Å². The Balaban J connectivity index is 1.46. The van der Waals surface area contributed by atoms with Crippen molar-refractivity contribution in [2.24, 2.45) is 5.92 Å². The van der Waals surface area contributed by atoms with Crippen LogP contribution in [0.3, 0.4) is 0 Å². The lowest BCUT2D eigenvalue weighted by molar-refractivity contribution is 0.0181. The quantitative estimate of drug-likeness (QED) is 0.753. The summed E-state index contributed by atoms with van der Waals surface area (Å²) in [5, 5.41) is 3.38. The largest absolute Gasteiger partial charge is 0.379 e. The van der Waals surface area contributed by atoms with Gasteiger partial charge in [0.05, 0.1) is 26.4 Å². The summed E-state index contributed by atoms with van der Waals surface area (Å²) in [6, 6.07) is 1.29.